The molecule has 2 heterocycles. The molecular weight excluding hydrogens is 254 g/mol. The van der Waals surface area contributed by atoms with Gasteiger partial charge in [-0.3, -0.25) is 4.79 Å². The zero-order chi connectivity index (χ0) is 13.6. The molecule has 0 bridgehead atoms. The fourth-order valence-corrected chi connectivity index (χ4v) is 1.60. The van der Waals surface area contributed by atoms with Gasteiger partial charge >= 0.3 is 11.7 Å². The smallest absolute Gasteiger partial charge is 0.344 e. The zero-order valence-corrected chi connectivity index (χ0v) is 11.5. The normalized spacial score (nSPS) is 12.6. The number of hydrogen-bond donors (Lipinski definition) is 2. The lowest BCUT2D eigenvalue weighted by Crippen LogP contribution is -2.05. The molecular formula is C11H19N3O3S. The Kier molecular flexibility index (Phi) is 11.2. The summed E-state index contributed by atoms with van der Waals surface area (Å²) in [5.74, 6) is 2.26. The summed E-state index contributed by atoms with van der Waals surface area (Å²) in [7, 11) is 0. The second kappa shape index (κ2) is 12.1. The van der Waals surface area contributed by atoms with E-state index < -0.39 is 0 Å². The predicted molar refractivity (Wildman–Crippen MR) is 72.5 cm³/mol. The molecule has 0 atom stereocenters. The van der Waals surface area contributed by atoms with E-state index in [1.54, 1.807) is 13.0 Å². The highest BCUT2D eigenvalue weighted by Crippen LogP contribution is 1.99. The van der Waals surface area contributed by atoms with Gasteiger partial charge in [0, 0.05) is 37.5 Å². The van der Waals surface area contributed by atoms with Crippen molar-refractivity contribution in [3.63, 3.8) is 0 Å². The fraction of sp³-hybridized carbons (Fsp3) is 0.545. The maximum Gasteiger partial charge on any atom is 0.344 e. The second-order valence-corrected chi connectivity index (χ2v) is 4.17. The third-order valence-corrected chi connectivity index (χ3v) is 2.46. The van der Waals surface area contributed by atoms with Crippen LogP contribution in [-0.2, 0) is 9.53 Å². The van der Waals surface area contributed by atoms with Crippen molar-refractivity contribution in [2.24, 2.45) is 0 Å². The molecule has 0 saturated carbocycles. The van der Waals surface area contributed by atoms with Crippen LogP contribution in [0.25, 0.3) is 0 Å². The molecule has 0 radical (unpaired) electrons. The first-order valence-electron chi connectivity index (χ1n) is 5.58. The van der Waals surface area contributed by atoms with Gasteiger partial charge in [0.15, 0.2) is 0 Å². The molecule has 2 N–H and O–H groups in total. The Bertz CT molecular complexity index is 341. The standard InChI is InChI=1S/C4H4N2O.C4H8O2.C3H7NS/c7-4-5-2-1-3-6-4;1-3-6-4(2)5;1-2-5-3-4-1/h1-3H,(H,5,6,7);3H2,1-2H3;4H,1-3H2. The Morgan fingerprint density at radius 1 is 1.61 bits per heavy atom. The van der Waals surface area contributed by atoms with Gasteiger partial charge in [-0.2, -0.15) is 0 Å². The SMILES string of the molecule is C1CSCN1.CCOC(C)=O.O=c1nccc[nH]1. The van der Waals surface area contributed by atoms with Gasteiger partial charge < -0.3 is 15.0 Å². The number of H-pyrrole nitrogens is 1. The summed E-state index contributed by atoms with van der Waals surface area (Å²) in [4.78, 5) is 25.7. The van der Waals surface area contributed by atoms with Crippen LogP contribution in [0, 0.1) is 0 Å². The van der Waals surface area contributed by atoms with Gasteiger partial charge in [-0.1, -0.05) is 0 Å². The number of aromatic amines is 1. The van der Waals surface area contributed by atoms with Gasteiger partial charge in [-0.05, 0) is 13.0 Å². The molecule has 0 amide bonds. The number of nitrogens with one attached hydrogen (secondary N) is 2. The van der Waals surface area contributed by atoms with E-state index in [1.165, 1.54) is 37.5 Å². The second-order valence-electron chi connectivity index (χ2n) is 3.06. The first kappa shape index (κ1) is 16.7. The molecule has 0 spiro atoms. The van der Waals surface area contributed by atoms with Crippen LogP contribution in [0.15, 0.2) is 23.3 Å². The molecule has 1 aliphatic rings. The average molecular weight is 273 g/mol. The number of hydrogen-bond acceptors (Lipinski definition) is 6. The third kappa shape index (κ3) is 12.7. The summed E-state index contributed by atoms with van der Waals surface area (Å²) in [6.45, 7) is 4.87. The van der Waals surface area contributed by atoms with Crippen LogP contribution in [-0.4, -0.2) is 40.7 Å². The highest BCUT2D eigenvalue weighted by molar-refractivity contribution is 7.99. The van der Waals surface area contributed by atoms with Gasteiger partial charge in [0.25, 0.3) is 0 Å². The molecule has 0 aromatic carbocycles. The van der Waals surface area contributed by atoms with Crippen LogP contribution in [0.2, 0.25) is 0 Å². The van der Waals surface area contributed by atoms with Crippen LogP contribution >= 0.6 is 11.8 Å². The van der Waals surface area contributed by atoms with E-state index in [1.807, 2.05) is 11.8 Å². The van der Waals surface area contributed by atoms with E-state index in [2.05, 4.69) is 20.0 Å². The lowest BCUT2D eigenvalue weighted by molar-refractivity contribution is -0.140. The Labute approximate surface area is 111 Å². The first-order chi connectivity index (χ1) is 8.66. The number of rotatable bonds is 1. The number of carbonyl (C=O) groups excluding carboxylic acids is 1. The fourth-order valence-electron chi connectivity index (χ4n) is 0.875. The monoisotopic (exact) mass is 273 g/mol. The Morgan fingerprint density at radius 3 is 2.56 bits per heavy atom. The largest absolute Gasteiger partial charge is 0.466 e. The summed E-state index contributed by atoms with van der Waals surface area (Å²) >= 11 is 1.96. The van der Waals surface area contributed by atoms with E-state index >= 15 is 0 Å². The Morgan fingerprint density at radius 2 is 2.39 bits per heavy atom. The Balaban J connectivity index is 0.000000244. The van der Waals surface area contributed by atoms with Crippen molar-refractivity contribution in [2.75, 3.05) is 24.8 Å². The van der Waals surface area contributed by atoms with Crippen molar-refractivity contribution in [3.05, 3.63) is 28.9 Å². The number of ether oxygens (including phenoxy) is 1. The zero-order valence-electron chi connectivity index (χ0n) is 10.6. The summed E-state index contributed by atoms with van der Waals surface area (Å²) in [6.07, 6.45) is 2.98. The van der Waals surface area contributed by atoms with Crippen molar-refractivity contribution in [1.82, 2.24) is 15.3 Å². The molecule has 1 aromatic rings. The molecule has 0 aliphatic carbocycles. The van der Waals surface area contributed by atoms with Crippen LogP contribution in [0.4, 0.5) is 0 Å². The molecule has 7 heteroatoms. The molecule has 18 heavy (non-hydrogen) atoms. The minimum atomic E-state index is -0.303. The molecule has 1 aromatic heterocycles. The van der Waals surface area contributed by atoms with Crippen molar-refractivity contribution in [1.29, 1.82) is 0 Å². The minimum absolute atomic E-state index is 0.211. The molecule has 1 fully saturated rings. The topological polar surface area (TPSA) is 84.1 Å². The van der Waals surface area contributed by atoms with E-state index in [0.717, 1.165) is 0 Å². The van der Waals surface area contributed by atoms with E-state index in [-0.39, 0.29) is 11.7 Å². The molecule has 6 nitrogen and oxygen atoms in total. The number of thioether (sulfide) groups is 1. The maximum absolute atomic E-state index is 10.1. The molecule has 0 unspecified atom stereocenters. The van der Waals surface area contributed by atoms with Crippen molar-refractivity contribution in [2.45, 2.75) is 13.8 Å². The van der Waals surface area contributed by atoms with Gasteiger partial charge in [0.1, 0.15) is 0 Å². The first-order valence-corrected chi connectivity index (χ1v) is 6.73. The van der Waals surface area contributed by atoms with Crippen molar-refractivity contribution < 1.29 is 9.53 Å². The third-order valence-electron chi connectivity index (χ3n) is 1.56. The van der Waals surface area contributed by atoms with E-state index in [0.29, 0.717) is 6.61 Å². The van der Waals surface area contributed by atoms with Crippen LogP contribution < -0.4 is 11.0 Å². The summed E-state index contributed by atoms with van der Waals surface area (Å²) in [5, 5.41) is 3.19. The predicted octanol–water partition coefficient (Wildman–Crippen LogP) is 0.620. The molecule has 1 saturated heterocycles. The number of nitrogens with zero attached hydrogens (tertiary/aromatic N) is 1. The number of aromatic nitrogens is 2. The lowest BCUT2D eigenvalue weighted by atomic mass is 10.7. The van der Waals surface area contributed by atoms with Gasteiger partial charge in [0.05, 0.1) is 6.61 Å². The van der Waals surface area contributed by atoms with Crippen LogP contribution in [0.1, 0.15) is 13.8 Å². The lowest BCUT2D eigenvalue weighted by Gasteiger charge is -1.89. The number of carbonyl (C=O) groups is 1. The average Bonchev–Trinajstić information content (AvgIpc) is 2.89. The van der Waals surface area contributed by atoms with Crippen molar-refractivity contribution >= 4 is 17.7 Å². The van der Waals surface area contributed by atoms with Gasteiger partial charge in [-0.15, -0.1) is 11.8 Å². The number of esters is 1. The summed E-state index contributed by atoms with van der Waals surface area (Å²) in [5.41, 5.74) is -0.303. The molecule has 2 rings (SSSR count). The minimum Gasteiger partial charge on any atom is -0.466 e. The molecule has 102 valence electrons. The maximum atomic E-state index is 10.1. The highest BCUT2D eigenvalue weighted by Gasteiger charge is 1.93. The van der Waals surface area contributed by atoms with E-state index in [4.69, 9.17) is 0 Å². The van der Waals surface area contributed by atoms with Gasteiger partial charge in [-0.25, -0.2) is 9.78 Å². The Hall–Kier alpha value is -1.34. The van der Waals surface area contributed by atoms with Crippen molar-refractivity contribution in [3.8, 4) is 0 Å². The van der Waals surface area contributed by atoms with E-state index in [9.17, 15) is 9.59 Å². The van der Waals surface area contributed by atoms with Crippen LogP contribution in [0.5, 0.6) is 0 Å². The van der Waals surface area contributed by atoms with Crippen LogP contribution in [0.3, 0.4) is 0 Å². The summed E-state index contributed by atoms with van der Waals surface area (Å²) < 4.78 is 4.40. The van der Waals surface area contributed by atoms with Gasteiger partial charge in [0.2, 0.25) is 0 Å². The molecule has 1 aliphatic heterocycles. The highest BCUT2D eigenvalue weighted by atomic mass is 32.2. The summed E-state index contributed by atoms with van der Waals surface area (Å²) in [6, 6.07) is 1.65. The quantitative estimate of drug-likeness (QED) is 0.730.